The average Bonchev–Trinajstić information content (AvgIpc) is 2.31. The van der Waals surface area contributed by atoms with Crippen LogP contribution in [-0.4, -0.2) is 35.8 Å². The maximum absolute atomic E-state index is 5.42. The van der Waals surface area contributed by atoms with Gasteiger partial charge in [-0.25, -0.2) is 4.98 Å². The molecule has 0 aliphatic rings. The molecule has 0 saturated heterocycles. The summed E-state index contributed by atoms with van der Waals surface area (Å²) in [6, 6.07) is 0. The number of hydrogen-bond donors (Lipinski definition) is 1. The predicted octanol–water partition coefficient (Wildman–Crippen LogP) is 1.85. The average molecular weight is 239 g/mol. The molecule has 5 nitrogen and oxygen atoms in total. The molecule has 1 rings (SSSR count). The predicted molar refractivity (Wildman–Crippen MR) is 66.9 cm³/mol. The molecule has 0 unspecified atom stereocenters. The van der Waals surface area contributed by atoms with Gasteiger partial charge in [-0.2, -0.15) is 0 Å². The fourth-order valence-corrected chi connectivity index (χ4v) is 1.22. The van der Waals surface area contributed by atoms with Crippen molar-refractivity contribution in [2.24, 2.45) is 0 Å². The summed E-state index contributed by atoms with van der Waals surface area (Å²) in [5.41, 5.74) is 0.830. The number of aromatic nitrogens is 2. The summed E-state index contributed by atoms with van der Waals surface area (Å²) in [4.78, 5) is 8.45. The summed E-state index contributed by atoms with van der Waals surface area (Å²) >= 11 is 0. The molecule has 17 heavy (non-hydrogen) atoms. The number of nitrogens with one attached hydrogen (secondary N) is 1. The minimum absolute atomic E-state index is 0.248. The second kappa shape index (κ2) is 7.97. The molecule has 1 N–H and O–H groups in total. The minimum atomic E-state index is 0.248. The van der Waals surface area contributed by atoms with Crippen molar-refractivity contribution in [2.75, 3.05) is 25.1 Å². The van der Waals surface area contributed by atoms with Gasteiger partial charge in [0.2, 0.25) is 0 Å². The van der Waals surface area contributed by atoms with Gasteiger partial charge in [-0.15, -0.1) is 0 Å². The SMILES string of the molecule is CCNc1cnc(COCCOC(C)C)cn1. The molecule has 0 amide bonds. The van der Waals surface area contributed by atoms with E-state index >= 15 is 0 Å². The molecule has 1 aromatic heterocycles. The van der Waals surface area contributed by atoms with Crippen LogP contribution in [0.3, 0.4) is 0 Å². The van der Waals surface area contributed by atoms with Crippen molar-refractivity contribution in [1.29, 1.82) is 0 Å². The Bertz CT molecular complexity index is 301. The first-order valence-corrected chi connectivity index (χ1v) is 5.96. The molecule has 96 valence electrons. The molecular formula is C12H21N3O2. The van der Waals surface area contributed by atoms with Gasteiger partial charge in [0, 0.05) is 6.54 Å². The van der Waals surface area contributed by atoms with Crippen LogP contribution in [0.2, 0.25) is 0 Å². The molecule has 0 fully saturated rings. The molecule has 0 radical (unpaired) electrons. The molecule has 0 aliphatic carbocycles. The second-order valence-corrected chi connectivity index (χ2v) is 3.90. The maximum Gasteiger partial charge on any atom is 0.144 e. The van der Waals surface area contributed by atoms with Crippen LogP contribution in [0.4, 0.5) is 5.82 Å². The van der Waals surface area contributed by atoms with Crippen molar-refractivity contribution < 1.29 is 9.47 Å². The van der Waals surface area contributed by atoms with Crippen LogP contribution in [0.15, 0.2) is 12.4 Å². The van der Waals surface area contributed by atoms with Gasteiger partial charge in [0.05, 0.1) is 44.0 Å². The molecular weight excluding hydrogens is 218 g/mol. The summed E-state index contributed by atoms with van der Waals surface area (Å²) in [5.74, 6) is 0.791. The smallest absolute Gasteiger partial charge is 0.144 e. The van der Waals surface area contributed by atoms with E-state index < -0.39 is 0 Å². The van der Waals surface area contributed by atoms with Gasteiger partial charge in [-0.3, -0.25) is 4.98 Å². The molecule has 0 saturated carbocycles. The Morgan fingerprint density at radius 3 is 2.65 bits per heavy atom. The minimum Gasteiger partial charge on any atom is -0.376 e. The molecule has 0 bridgehead atoms. The van der Waals surface area contributed by atoms with Crippen LogP contribution < -0.4 is 5.32 Å². The van der Waals surface area contributed by atoms with Gasteiger partial charge >= 0.3 is 0 Å². The highest BCUT2D eigenvalue weighted by Gasteiger charge is 1.98. The van der Waals surface area contributed by atoms with Crippen LogP contribution in [0, 0.1) is 0 Å². The van der Waals surface area contributed by atoms with E-state index in [1.54, 1.807) is 12.4 Å². The van der Waals surface area contributed by atoms with E-state index in [1.807, 2.05) is 20.8 Å². The first-order chi connectivity index (χ1) is 8.22. The lowest BCUT2D eigenvalue weighted by molar-refractivity contribution is 0.0135. The Hall–Kier alpha value is -1.20. The zero-order chi connectivity index (χ0) is 12.5. The molecule has 0 aliphatic heterocycles. The van der Waals surface area contributed by atoms with Crippen molar-refractivity contribution in [1.82, 2.24) is 9.97 Å². The van der Waals surface area contributed by atoms with Crippen LogP contribution in [0.1, 0.15) is 26.5 Å². The highest BCUT2D eigenvalue weighted by Crippen LogP contribution is 2.01. The number of rotatable bonds is 8. The third kappa shape index (κ3) is 6.19. The van der Waals surface area contributed by atoms with Gasteiger partial charge in [0.1, 0.15) is 5.82 Å². The molecule has 0 spiro atoms. The summed E-state index contributed by atoms with van der Waals surface area (Å²) in [6.07, 6.45) is 3.69. The first kappa shape index (κ1) is 13.9. The standard InChI is InChI=1S/C12H21N3O2/c1-4-13-12-8-14-11(7-15-12)9-16-5-6-17-10(2)3/h7-8,10H,4-6,9H2,1-3H3,(H,13,15). The lowest BCUT2D eigenvalue weighted by Gasteiger charge is -2.08. The van der Waals surface area contributed by atoms with Gasteiger partial charge < -0.3 is 14.8 Å². The van der Waals surface area contributed by atoms with E-state index in [-0.39, 0.29) is 6.10 Å². The van der Waals surface area contributed by atoms with Crippen molar-refractivity contribution in [3.63, 3.8) is 0 Å². The van der Waals surface area contributed by atoms with Crippen LogP contribution in [-0.2, 0) is 16.1 Å². The van der Waals surface area contributed by atoms with Crippen LogP contribution in [0.5, 0.6) is 0 Å². The van der Waals surface area contributed by atoms with E-state index in [4.69, 9.17) is 9.47 Å². The Morgan fingerprint density at radius 2 is 2.06 bits per heavy atom. The summed E-state index contributed by atoms with van der Waals surface area (Å²) < 4.78 is 10.8. The third-order valence-electron chi connectivity index (χ3n) is 1.99. The van der Waals surface area contributed by atoms with E-state index in [0.29, 0.717) is 19.8 Å². The number of hydrogen-bond acceptors (Lipinski definition) is 5. The van der Waals surface area contributed by atoms with Gasteiger partial charge in [0.25, 0.3) is 0 Å². The number of anilines is 1. The van der Waals surface area contributed by atoms with Crippen molar-refractivity contribution in [2.45, 2.75) is 33.5 Å². The summed E-state index contributed by atoms with van der Waals surface area (Å²) in [6.45, 7) is 8.54. The normalized spacial score (nSPS) is 10.8. The Kier molecular flexibility index (Phi) is 6.50. The second-order valence-electron chi connectivity index (χ2n) is 3.90. The molecule has 0 atom stereocenters. The topological polar surface area (TPSA) is 56.3 Å². The van der Waals surface area contributed by atoms with Crippen molar-refractivity contribution in [3.8, 4) is 0 Å². The first-order valence-electron chi connectivity index (χ1n) is 5.96. The van der Waals surface area contributed by atoms with Crippen molar-refractivity contribution >= 4 is 5.82 Å². The monoisotopic (exact) mass is 239 g/mol. The highest BCUT2D eigenvalue weighted by atomic mass is 16.5. The van der Waals surface area contributed by atoms with Gasteiger partial charge in [-0.1, -0.05) is 0 Å². The summed E-state index contributed by atoms with van der Waals surface area (Å²) in [5, 5.41) is 3.09. The fraction of sp³-hybridized carbons (Fsp3) is 0.667. The Morgan fingerprint density at radius 1 is 1.24 bits per heavy atom. The zero-order valence-corrected chi connectivity index (χ0v) is 10.8. The van der Waals surface area contributed by atoms with E-state index in [9.17, 15) is 0 Å². The molecule has 0 aromatic carbocycles. The van der Waals surface area contributed by atoms with E-state index in [1.165, 1.54) is 0 Å². The van der Waals surface area contributed by atoms with Gasteiger partial charge in [0.15, 0.2) is 0 Å². The van der Waals surface area contributed by atoms with Crippen LogP contribution in [0.25, 0.3) is 0 Å². The third-order valence-corrected chi connectivity index (χ3v) is 1.99. The van der Waals surface area contributed by atoms with E-state index in [0.717, 1.165) is 18.1 Å². The van der Waals surface area contributed by atoms with E-state index in [2.05, 4.69) is 15.3 Å². The Balaban J connectivity index is 2.18. The molecule has 1 heterocycles. The zero-order valence-electron chi connectivity index (χ0n) is 10.8. The van der Waals surface area contributed by atoms with Crippen LogP contribution >= 0.6 is 0 Å². The van der Waals surface area contributed by atoms with Gasteiger partial charge in [-0.05, 0) is 20.8 Å². The quantitative estimate of drug-likeness (QED) is 0.702. The summed E-state index contributed by atoms with van der Waals surface area (Å²) in [7, 11) is 0. The lowest BCUT2D eigenvalue weighted by Crippen LogP contribution is -2.10. The number of nitrogens with zero attached hydrogens (tertiary/aromatic N) is 2. The maximum atomic E-state index is 5.42. The van der Waals surface area contributed by atoms with Crippen molar-refractivity contribution in [3.05, 3.63) is 18.1 Å². The number of ether oxygens (including phenoxy) is 2. The lowest BCUT2D eigenvalue weighted by atomic mass is 10.4. The fourth-order valence-electron chi connectivity index (χ4n) is 1.22. The largest absolute Gasteiger partial charge is 0.376 e. The molecule has 5 heteroatoms. The Labute approximate surface area is 103 Å². The highest BCUT2D eigenvalue weighted by molar-refractivity contribution is 5.30. The molecule has 1 aromatic rings.